The van der Waals surface area contributed by atoms with Crippen LogP contribution in [0, 0.1) is 11.6 Å². The van der Waals surface area contributed by atoms with Crippen LogP contribution in [0.5, 0.6) is 0 Å². The second kappa shape index (κ2) is 5.67. The summed E-state index contributed by atoms with van der Waals surface area (Å²) >= 11 is 0. The molecule has 1 heterocycles. The van der Waals surface area contributed by atoms with E-state index in [-0.39, 0.29) is 17.5 Å². The molecule has 3 nitrogen and oxygen atoms in total. The van der Waals surface area contributed by atoms with Gasteiger partial charge in [0.05, 0.1) is 11.8 Å². The molecular weight excluding hydrogens is 286 g/mol. The molecule has 0 spiro atoms. The Morgan fingerprint density at radius 3 is 2.59 bits per heavy atom. The predicted octanol–water partition coefficient (Wildman–Crippen LogP) is 3.66. The van der Waals surface area contributed by atoms with Crippen molar-refractivity contribution >= 4 is 11.6 Å². The molecule has 0 saturated heterocycles. The molecule has 1 atom stereocenters. The molecule has 22 heavy (non-hydrogen) atoms. The number of carbonyl (C=O) groups excluding carboxylic acids is 1. The molecule has 0 saturated carbocycles. The van der Waals surface area contributed by atoms with Gasteiger partial charge in [-0.1, -0.05) is 30.3 Å². The highest BCUT2D eigenvalue weighted by atomic mass is 19.1. The van der Waals surface area contributed by atoms with Crippen molar-refractivity contribution in [2.75, 3.05) is 0 Å². The van der Waals surface area contributed by atoms with Gasteiger partial charge in [0, 0.05) is 18.9 Å². The fraction of sp³-hybridized carbons (Fsp3) is 0.176. The van der Waals surface area contributed by atoms with Gasteiger partial charge in [-0.2, -0.15) is 5.10 Å². The zero-order valence-electron chi connectivity index (χ0n) is 12.0. The molecule has 3 rings (SSSR count). The zero-order chi connectivity index (χ0) is 15.7. The molecule has 0 aliphatic carbocycles. The van der Waals surface area contributed by atoms with Crippen molar-refractivity contribution in [2.45, 2.75) is 19.4 Å². The molecule has 0 N–H and O–H groups in total. The first kappa shape index (κ1) is 14.4. The monoisotopic (exact) mass is 300 g/mol. The molecular formula is C17H14F2N2O. The van der Waals surface area contributed by atoms with Crippen LogP contribution in [0.3, 0.4) is 0 Å². The maximum atomic E-state index is 13.9. The number of hydrogen-bond donors (Lipinski definition) is 0. The first-order valence-electron chi connectivity index (χ1n) is 6.94. The van der Waals surface area contributed by atoms with Crippen molar-refractivity contribution in [1.29, 1.82) is 0 Å². The van der Waals surface area contributed by atoms with Gasteiger partial charge in [-0.05, 0) is 23.8 Å². The minimum atomic E-state index is -0.544. The van der Waals surface area contributed by atoms with Gasteiger partial charge in [-0.25, -0.2) is 13.8 Å². The quantitative estimate of drug-likeness (QED) is 0.833. The summed E-state index contributed by atoms with van der Waals surface area (Å²) in [7, 11) is 0. The molecule has 112 valence electrons. The number of benzene rings is 2. The normalized spacial score (nSPS) is 17.5. The topological polar surface area (TPSA) is 32.7 Å². The number of rotatable bonds is 2. The Kier molecular flexibility index (Phi) is 3.71. The Morgan fingerprint density at radius 2 is 1.91 bits per heavy atom. The lowest BCUT2D eigenvalue weighted by Gasteiger charge is -2.20. The number of hydrogen-bond acceptors (Lipinski definition) is 2. The maximum Gasteiger partial charge on any atom is 0.240 e. The molecule has 5 heteroatoms. The van der Waals surface area contributed by atoms with Crippen LogP contribution in [0.15, 0.2) is 53.6 Å². The molecule has 1 aliphatic rings. The van der Waals surface area contributed by atoms with Gasteiger partial charge in [-0.3, -0.25) is 4.79 Å². The first-order valence-corrected chi connectivity index (χ1v) is 6.94. The van der Waals surface area contributed by atoms with Crippen LogP contribution < -0.4 is 0 Å². The van der Waals surface area contributed by atoms with Gasteiger partial charge in [0.25, 0.3) is 0 Å². The van der Waals surface area contributed by atoms with Crippen molar-refractivity contribution in [3.63, 3.8) is 0 Å². The summed E-state index contributed by atoms with van der Waals surface area (Å²) in [5.74, 6) is -1.31. The molecule has 1 amide bonds. The van der Waals surface area contributed by atoms with Crippen LogP contribution in [-0.4, -0.2) is 16.6 Å². The lowest BCUT2D eigenvalue weighted by molar-refractivity contribution is -0.130. The van der Waals surface area contributed by atoms with Gasteiger partial charge >= 0.3 is 0 Å². The smallest absolute Gasteiger partial charge is 0.240 e. The maximum absolute atomic E-state index is 13.9. The third-order valence-electron chi connectivity index (χ3n) is 3.66. The highest BCUT2D eigenvalue weighted by molar-refractivity contribution is 6.03. The molecule has 1 aliphatic heterocycles. The zero-order valence-corrected chi connectivity index (χ0v) is 12.0. The molecule has 0 aromatic heterocycles. The lowest BCUT2D eigenvalue weighted by Crippen LogP contribution is -2.24. The van der Waals surface area contributed by atoms with E-state index in [2.05, 4.69) is 5.10 Å². The standard InChI is InChI=1S/C17H14F2N2O/c1-11(22)21-17(12-5-3-2-4-6-12)10-16(20-21)14-9-13(18)7-8-15(14)19/h2-9,17H,10H2,1H3/t17-/m0/s1. The molecule has 0 bridgehead atoms. The van der Waals surface area contributed by atoms with Crippen molar-refractivity contribution in [3.05, 3.63) is 71.3 Å². The van der Waals surface area contributed by atoms with Gasteiger partial charge in [0.15, 0.2) is 0 Å². The van der Waals surface area contributed by atoms with E-state index in [9.17, 15) is 13.6 Å². The highest BCUT2D eigenvalue weighted by Crippen LogP contribution is 2.33. The second-order valence-electron chi connectivity index (χ2n) is 5.17. The Morgan fingerprint density at radius 1 is 1.18 bits per heavy atom. The molecule has 0 unspecified atom stereocenters. The summed E-state index contributed by atoms with van der Waals surface area (Å²) in [5, 5.41) is 5.54. The van der Waals surface area contributed by atoms with Crippen molar-refractivity contribution in [3.8, 4) is 0 Å². The minimum absolute atomic E-state index is 0.102. The van der Waals surface area contributed by atoms with E-state index in [1.807, 2.05) is 30.3 Å². The van der Waals surface area contributed by atoms with Crippen molar-refractivity contribution in [1.82, 2.24) is 5.01 Å². The molecule has 2 aromatic rings. The van der Waals surface area contributed by atoms with Gasteiger partial charge in [-0.15, -0.1) is 0 Å². The molecule has 0 fully saturated rings. The van der Waals surface area contributed by atoms with Crippen LogP contribution in [0.25, 0.3) is 0 Å². The summed E-state index contributed by atoms with van der Waals surface area (Å²) in [5.41, 5.74) is 1.39. The largest absolute Gasteiger partial charge is 0.273 e. The fourth-order valence-electron chi connectivity index (χ4n) is 2.62. The van der Waals surface area contributed by atoms with E-state index < -0.39 is 11.6 Å². The van der Waals surface area contributed by atoms with Crippen LogP contribution in [-0.2, 0) is 4.79 Å². The average Bonchev–Trinajstić information content (AvgIpc) is 2.96. The van der Waals surface area contributed by atoms with Crippen LogP contribution in [0.1, 0.15) is 30.5 Å². The fourth-order valence-corrected chi connectivity index (χ4v) is 2.62. The van der Waals surface area contributed by atoms with E-state index in [0.29, 0.717) is 12.1 Å². The van der Waals surface area contributed by atoms with Crippen molar-refractivity contribution < 1.29 is 13.6 Å². The summed E-state index contributed by atoms with van der Waals surface area (Å²) < 4.78 is 27.3. The Hall–Kier alpha value is -2.56. The highest BCUT2D eigenvalue weighted by Gasteiger charge is 2.32. The van der Waals surface area contributed by atoms with Crippen LogP contribution in [0.2, 0.25) is 0 Å². The van der Waals surface area contributed by atoms with E-state index in [1.54, 1.807) is 0 Å². The summed E-state index contributed by atoms with van der Waals surface area (Å²) in [6.45, 7) is 1.41. The number of amides is 1. The number of carbonyl (C=O) groups is 1. The predicted molar refractivity (Wildman–Crippen MR) is 79.2 cm³/mol. The van der Waals surface area contributed by atoms with E-state index in [0.717, 1.165) is 23.8 Å². The van der Waals surface area contributed by atoms with E-state index in [1.165, 1.54) is 11.9 Å². The third-order valence-corrected chi connectivity index (χ3v) is 3.66. The van der Waals surface area contributed by atoms with Crippen LogP contribution in [0.4, 0.5) is 8.78 Å². The Bertz CT molecular complexity index is 744. The van der Waals surface area contributed by atoms with E-state index in [4.69, 9.17) is 0 Å². The molecule has 2 aromatic carbocycles. The second-order valence-corrected chi connectivity index (χ2v) is 5.17. The Balaban J connectivity index is 2.00. The van der Waals surface area contributed by atoms with E-state index >= 15 is 0 Å². The number of halogens is 2. The van der Waals surface area contributed by atoms with Crippen LogP contribution >= 0.6 is 0 Å². The van der Waals surface area contributed by atoms with Gasteiger partial charge in [0.1, 0.15) is 11.6 Å². The molecule has 0 radical (unpaired) electrons. The first-order chi connectivity index (χ1) is 10.6. The Labute approximate surface area is 126 Å². The summed E-state index contributed by atoms with van der Waals surface area (Å²) in [6, 6.07) is 12.3. The third kappa shape index (κ3) is 2.62. The lowest BCUT2D eigenvalue weighted by atomic mass is 9.98. The SMILES string of the molecule is CC(=O)N1N=C(c2cc(F)ccc2F)C[C@H]1c1ccccc1. The summed E-state index contributed by atoms with van der Waals surface area (Å²) in [6.07, 6.45) is 0.351. The number of hydrazone groups is 1. The average molecular weight is 300 g/mol. The minimum Gasteiger partial charge on any atom is -0.273 e. The van der Waals surface area contributed by atoms with Crippen molar-refractivity contribution in [2.24, 2.45) is 5.10 Å². The van der Waals surface area contributed by atoms with Gasteiger partial charge in [0.2, 0.25) is 5.91 Å². The van der Waals surface area contributed by atoms with Gasteiger partial charge < -0.3 is 0 Å². The summed E-state index contributed by atoms with van der Waals surface area (Å²) in [4.78, 5) is 11.8. The number of nitrogens with zero attached hydrogens (tertiary/aromatic N) is 2.